The van der Waals surface area contributed by atoms with Crippen molar-refractivity contribution in [3.05, 3.63) is 48.2 Å². The van der Waals surface area contributed by atoms with Gasteiger partial charge in [-0.2, -0.15) is 0 Å². The molecule has 0 unspecified atom stereocenters. The van der Waals surface area contributed by atoms with Gasteiger partial charge in [0.05, 0.1) is 5.41 Å². The molecule has 0 saturated heterocycles. The molecule has 0 bridgehead atoms. The van der Waals surface area contributed by atoms with Gasteiger partial charge >= 0.3 is 0 Å². The predicted octanol–water partition coefficient (Wildman–Crippen LogP) is 3.33. The molecular weight excluding hydrogens is 200 g/mol. The van der Waals surface area contributed by atoms with Crippen molar-refractivity contribution in [3.8, 4) is 0 Å². The van der Waals surface area contributed by atoms with Crippen LogP contribution in [0.25, 0.3) is 0 Å². The summed E-state index contributed by atoms with van der Waals surface area (Å²) in [5.41, 5.74) is 0.456. The van der Waals surface area contributed by atoms with Crippen molar-refractivity contribution in [1.29, 1.82) is 0 Å². The van der Waals surface area contributed by atoms with Gasteiger partial charge < -0.3 is 4.74 Å². The number of rotatable bonds is 5. The Morgan fingerprint density at radius 3 is 2.38 bits per heavy atom. The normalized spacial score (nSPS) is 10.9. The van der Waals surface area contributed by atoms with E-state index in [0.29, 0.717) is 12.4 Å². The highest BCUT2D eigenvalue weighted by molar-refractivity contribution is 5.84. The number of carbonyl (C=O) groups is 1. The predicted molar refractivity (Wildman–Crippen MR) is 64.8 cm³/mol. The van der Waals surface area contributed by atoms with E-state index in [2.05, 4.69) is 6.58 Å². The third-order valence-electron chi connectivity index (χ3n) is 2.83. The number of allylic oxidation sites excluding steroid dienone is 1. The Labute approximate surface area is 96.9 Å². The summed E-state index contributed by atoms with van der Waals surface area (Å²) in [5.74, 6) is 0.578. The molecule has 0 aliphatic carbocycles. The summed E-state index contributed by atoms with van der Waals surface area (Å²) in [7, 11) is 0. The van der Waals surface area contributed by atoms with E-state index in [9.17, 15) is 4.79 Å². The third kappa shape index (κ3) is 2.96. The molecule has 0 N–H and O–H groups in total. The number of hydrogen-bond acceptors (Lipinski definition) is 2. The molecule has 0 spiro atoms. The molecule has 2 heteroatoms. The van der Waals surface area contributed by atoms with Crippen molar-refractivity contribution in [2.45, 2.75) is 27.4 Å². The summed E-state index contributed by atoms with van der Waals surface area (Å²) in [6, 6.07) is 9.83. The van der Waals surface area contributed by atoms with E-state index in [4.69, 9.17) is 4.74 Å². The number of benzene rings is 1. The van der Waals surface area contributed by atoms with Crippen LogP contribution >= 0.6 is 0 Å². The van der Waals surface area contributed by atoms with E-state index >= 15 is 0 Å². The minimum absolute atomic E-state index is 0.0607. The number of hydrogen-bond donors (Lipinski definition) is 0. The lowest BCUT2D eigenvalue weighted by atomic mass is 9.87. The summed E-state index contributed by atoms with van der Waals surface area (Å²) in [5, 5.41) is 0. The van der Waals surface area contributed by atoms with Crippen LogP contribution in [-0.2, 0) is 16.1 Å². The lowest BCUT2D eigenvalue weighted by Gasteiger charge is -2.24. The maximum atomic E-state index is 11.4. The molecule has 16 heavy (non-hydrogen) atoms. The van der Waals surface area contributed by atoms with Crippen molar-refractivity contribution in [2.24, 2.45) is 5.41 Å². The highest BCUT2D eigenvalue weighted by Gasteiger charge is 2.28. The molecule has 0 radical (unpaired) electrons. The van der Waals surface area contributed by atoms with E-state index in [1.807, 2.05) is 44.2 Å². The van der Waals surface area contributed by atoms with Crippen LogP contribution in [0.4, 0.5) is 0 Å². The molecular formula is C14H18O2. The molecule has 0 aromatic heterocycles. The minimum Gasteiger partial charge on any atom is -0.493 e. The quantitative estimate of drug-likeness (QED) is 0.708. The Hall–Kier alpha value is -1.57. The molecule has 1 aromatic carbocycles. The first-order valence-corrected chi connectivity index (χ1v) is 5.31. The summed E-state index contributed by atoms with van der Waals surface area (Å²) in [4.78, 5) is 11.4. The Bertz CT molecular complexity index is 377. The number of ketones is 1. The van der Waals surface area contributed by atoms with E-state index in [-0.39, 0.29) is 5.78 Å². The molecule has 86 valence electrons. The SMILES string of the molecule is C=C(OCc1ccccc1)C(C)(C)C(C)=O. The molecule has 0 heterocycles. The first-order chi connectivity index (χ1) is 7.44. The molecule has 2 nitrogen and oxygen atoms in total. The van der Waals surface area contributed by atoms with Crippen LogP contribution < -0.4 is 0 Å². The first-order valence-electron chi connectivity index (χ1n) is 5.31. The largest absolute Gasteiger partial charge is 0.493 e. The van der Waals surface area contributed by atoms with Crippen LogP contribution in [0.15, 0.2) is 42.7 Å². The van der Waals surface area contributed by atoms with Gasteiger partial charge in [-0.1, -0.05) is 36.9 Å². The average Bonchev–Trinajstić information content (AvgIpc) is 2.27. The van der Waals surface area contributed by atoms with Crippen molar-refractivity contribution in [3.63, 3.8) is 0 Å². The fourth-order valence-electron chi connectivity index (χ4n) is 1.12. The summed E-state index contributed by atoms with van der Waals surface area (Å²) in [6.07, 6.45) is 0. The standard InChI is InChI=1S/C14H18O2/c1-11(15)14(3,4)12(2)16-10-13-8-6-5-7-9-13/h5-9H,2,10H2,1,3-4H3. The fraction of sp³-hybridized carbons (Fsp3) is 0.357. The van der Waals surface area contributed by atoms with E-state index in [1.165, 1.54) is 0 Å². The van der Waals surface area contributed by atoms with Crippen LogP contribution in [0.3, 0.4) is 0 Å². The Balaban J connectivity index is 2.57. The highest BCUT2D eigenvalue weighted by atomic mass is 16.5. The molecule has 1 rings (SSSR count). The van der Waals surface area contributed by atoms with Gasteiger partial charge in [0, 0.05) is 0 Å². The van der Waals surface area contributed by atoms with E-state index < -0.39 is 5.41 Å². The zero-order valence-corrected chi connectivity index (χ0v) is 10.1. The Morgan fingerprint density at radius 2 is 1.88 bits per heavy atom. The molecule has 0 saturated carbocycles. The number of Topliss-reactive ketones (excluding diaryl/α,β-unsaturated/α-hetero) is 1. The highest BCUT2D eigenvalue weighted by Crippen LogP contribution is 2.27. The van der Waals surface area contributed by atoms with Gasteiger partial charge in [0.2, 0.25) is 0 Å². The minimum atomic E-state index is -0.616. The van der Waals surface area contributed by atoms with Gasteiger partial charge in [-0.25, -0.2) is 0 Å². The molecule has 0 aliphatic heterocycles. The molecule has 0 amide bonds. The monoisotopic (exact) mass is 218 g/mol. The molecule has 0 fully saturated rings. The van der Waals surface area contributed by atoms with Crippen molar-refractivity contribution in [2.75, 3.05) is 0 Å². The lowest BCUT2D eigenvalue weighted by molar-refractivity contribution is -0.125. The average molecular weight is 218 g/mol. The van der Waals surface area contributed by atoms with Crippen molar-refractivity contribution in [1.82, 2.24) is 0 Å². The van der Waals surface area contributed by atoms with Crippen molar-refractivity contribution < 1.29 is 9.53 Å². The van der Waals surface area contributed by atoms with E-state index in [1.54, 1.807) is 6.92 Å². The Morgan fingerprint density at radius 1 is 1.31 bits per heavy atom. The van der Waals surface area contributed by atoms with Crippen LogP contribution in [-0.4, -0.2) is 5.78 Å². The van der Waals surface area contributed by atoms with Crippen molar-refractivity contribution >= 4 is 5.78 Å². The van der Waals surface area contributed by atoms with Crippen LogP contribution in [0.2, 0.25) is 0 Å². The zero-order chi connectivity index (χ0) is 12.2. The third-order valence-corrected chi connectivity index (χ3v) is 2.83. The lowest BCUT2D eigenvalue weighted by Crippen LogP contribution is -2.24. The second-order valence-electron chi connectivity index (χ2n) is 4.38. The molecule has 0 atom stereocenters. The van der Waals surface area contributed by atoms with E-state index in [0.717, 1.165) is 5.56 Å². The van der Waals surface area contributed by atoms with Crippen LogP contribution in [0.5, 0.6) is 0 Å². The molecule has 1 aromatic rings. The van der Waals surface area contributed by atoms with Gasteiger partial charge in [0.1, 0.15) is 18.1 Å². The van der Waals surface area contributed by atoms with Crippen LogP contribution in [0.1, 0.15) is 26.3 Å². The summed E-state index contributed by atoms with van der Waals surface area (Å²) >= 11 is 0. The maximum absolute atomic E-state index is 11.4. The second-order valence-corrected chi connectivity index (χ2v) is 4.38. The number of ether oxygens (including phenoxy) is 1. The van der Waals surface area contributed by atoms with Gasteiger partial charge in [0.25, 0.3) is 0 Å². The smallest absolute Gasteiger partial charge is 0.142 e. The number of carbonyl (C=O) groups excluding carboxylic acids is 1. The van der Waals surface area contributed by atoms with Gasteiger partial charge in [-0.15, -0.1) is 0 Å². The van der Waals surface area contributed by atoms with Gasteiger partial charge in [0.15, 0.2) is 0 Å². The topological polar surface area (TPSA) is 26.3 Å². The summed E-state index contributed by atoms with van der Waals surface area (Å²) < 4.78 is 5.54. The van der Waals surface area contributed by atoms with Crippen LogP contribution in [0, 0.1) is 5.41 Å². The Kier molecular flexibility index (Phi) is 3.88. The second kappa shape index (κ2) is 4.97. The zero-order valence-electron chi connectivity index (χ0n) is 10.1. The molecule has 0 aliphatic rings. The first kappa shape index (κ1) is 12.5. The van der Waals surface area contributed by atoms with Gasteiger partial charge in [-0.05, 0) is 26.3 Å². The summed E-state index contributed by atoms with van der Waals surface area (Å²) in [6.45, 7) is 9.47. The maximum Gasteiger partial charge on any atom is 0.142 e. The fourth-order valence-corrected chi connectivity index (χ4v) is 1.12. The van der Waals surface area contributed by atoms with Gasteiger partial charge in [-0.3, -0.25) is 4.79 Å².